The first-order valence-corrected chi connectivity index (χ1v) is 13.4. The second-order valence-electron chi connectivity index (χ2n) is 9.02. The lowest BCUT2D eigenvalue weighted by Crippen LogP contribution is -2.27. The molecule has 238 valence electrons. The summed E-state index contributed by atoms with van der Waals surface area (Å²) in [5.74, 6) is -13.9. The van der Waals surface area contributed by atoms with E-state index in [-0.39, 0.29) is 57.3 Å². The molecule has 0 atom stereocenters. The molecule has 0 aliphatic heterocycles. The lowest BCUT2D eigenvalue weighted by Gasteiger charge is -2.12. The van der Waals surface area contributed by atoms with E-state index in [1.807, 2.05) is 6.07 Å². The Kier molecular flexibility index (Phi) is 11.9. The highest BCUT2D eigenvalue weighted by Gasteiger charge is 2.28. The van der Waals surface area contributed by atoms with E-state index < -0.39 is 46.7 Å². The minimum atomic E-state index is -2.35. The standard InChI is InChI=1S/C29H26F6N6O4/c30-19-8-4-5-17(15-19)16-38-28-39-27(40-29(41-28)45-25-23(34)21(32)20(31)22(33)24(25)35)37-10-12-44-14-13-43-11-9-36-26(42)18-6-2-1-3-7-18/h1-8,15H,9-14,16H2,(H,36,42)(H2,37,38,39,40,41). The van der Waals surface area contributed by atoms with Crippen molar-refractivity contribution in [3.63, 3.8) is 0 Å². The van der Waals surface area contributed by atoms with Crippen LogP contribution in [-0.4, -0.2) is 60.4 Å². The van der Waals surface area contributed by atoms with Crippen LogP contribution < -0.4 is 20.7 Å². The Hall–Kier alpha value is -4.96. The molecule has 0 spiro atoms. The van der Waals surface area contributed by atoms with Gasteiger partial charge in [0.25, 0.3) is 5.91 Å². The molecule has 1 amide bonds. The number of halogens is 6. The summed E-state index contributed by atoms with van der Waals surface area (Å²) in [5, 5.41) is 8.24. The molecule has 3 N–H and O–H groups in total. The van der Waals surface area contributed by atoms with E-state index in [2.05, 4.69) is 30.9 Å². The largest absolute Gasteiger partial charge is 0.418 e. The van der Waals surface area contributed by atoms with Crippen molar-refractivity contribution in [3.05, 3.63) is 101 Å². The third kappa shape index (κ3) is 9.51. The van der Waals surface area contributed by atoms with Gasteiger partial charge in [0.1, 0.15) is 5.82 Å². The molecule has 0 saturated heterocycles. The van der Waals surface area contributed by atoms with E-state index in [0.717, 1.165) is 0 Å². The Morgan fingerprint density at radius 1 is 0.667 bits per heavy atom. The van der Waals surface area contributed by atoms with Crippen LogP contribution in [0.5, 0.6) is 11.8 Å². The first-order chi connectivity index (χ1) is 21.7. The summed E-state index contributed by atoms with van der Waals surface area (Å²) < 4.78 is 98.4. The number of anilines is 2. The van der Waals surface area contributed by atoms with Gasteiger partial charge >= 0.3 is 6.01 Å². The van der Waals surface area contributed by atoms with Gasteiger partial charge in [0, 0.05) is 25.2 Å². The maximum atomic E-state index is 14.2. The summed E-state index contributed by atoms with van der Waals surface area (Å²) in [7, 11) is 0. The molecule has 0 saturated carbocycles. The SMILES string of the molecule is O=C(NCCOCCOCCNc1nc(NCc2cccc(F)c2)nc(Oc2c(F)c(F)c(F)c(F)c2F)n1)c1ccccc1. The van der Waals surface area contributed by atoms with Crippen molar-refractivity contribution in [3.8, 4) is 11.8 Å². The number of hydrogen-bond acceptors (Lipinski definition) is 9. The van der Waals surface area contributed by atoms with Crippen LogP contribution in [-0.2, 0) is 16.0 Å². The molecule has 4 aromatic rings. The van der Waals surface area contributed by atoms with Crippen molar-refractivity contribution < 1.29 is 45.3 Å². The van der Waals surface area contributed by atoms with Crippen LogP contribution in [0, 0.1) is 34.9 Å². The molecule has 0 bridgehead atoms. The van der Waals surface area contributed by atoms with Gasteiger partial charge in [-0.3, -0.25) is 4.79 Å². The number of carbonyl (C=O) groups excluding carboxylic acids is 1. The van der Waals surface area contributed by atoms with Crippen LogP contribution in [0.1, 0.15) is 15.9 Å². The average molecular weight is 637 g/mol. The first-order valence-electron chi connectivity index (χ1n) is 13.4. The van der Waals surface area contributed by atoms with Crippen LogP contribution >= 0.6 is 0 Å². The Labute approximate surface area is 252 Å². The van der Waals surface area contributed by atoms with E-state index in [9.17, 15) is 31.1 Å². The average Bonchev–Trinajstić information content (AvgIpc) is 3.05. The first kappa shape index (κ1) is 32.9. The summed E-state index contributed by atoms with van der Waals surface area (Å²) in [4.78, 5) is 23.7. The van der Waals surface area contributed by atoms with Crippen LogP contribution in [0.3, 0.4) is 0 Å². The zero-order chi connectivity index (χ0) is 32.2. The fraction of sp³-hybridized carbons (Fsp3) is 0.241. The van der Waals surface area contributed by atoms with Gasteiger partial charge in [0.2, 0.25) is 46.7 Å². The number of carbonyl (C=O) groups is 1. The summed E-state index contributed by atoms with van der Waals surface area (Å²) >= 11 is 0. The monoisotopic (exact) mass is 636 g/mol. The van der Waals surface area contributed by atoms with Gasteiger partial charge in [-0.2, -0.15) is 23.7 Å². The lowest BCUT2D eigenvalue weighted by atomic mass is 10.2. The maximum absolute atomic E-state index is 14.2. The number of ether oxygens (including phenoxy) is 3. The van der Waals surface area contributed by atoms with E-state index in [4.69, 9.17) is 14.2 Å². The number of nitrogens with zero attached hydrogens (tertiary/aromatic N) is 3. The van der Waals surface area contributed by atoms with E-state index in [0.29, 0.717) is 17.7 Å². The van der Waals surface area contributed by atoms with Gasteiger partial charge in [0.05, 0.1) is 26.4 Å². The zero-order valence-electron chi connectivity index (χ0n) is 23.4. The molecule has 16 heteroatoms. The molecule has 0 aliphatic carbocycles. The van der Waals surface area contributed by atoms with Crippen molar-refractivity contribution >= 4 is 17.8 Å². The third-order valence-electron chi connectivity index (χ3n) is 5.79. The Bertz CT molecular complexity index is 1570. The van der Waals surface area contributed by atoms with Crippen molar-refractivity contribution in [1.29, 1.82) is 0 Å². The van der Waals surface area contributed by atoms with E-state index in [1.54, 1.807) is 30.3 Å². The van der Waals surface area contributed by atoms with E-state index in [1.165, 1.54) is 18.2 Å². The lowest BCUT2D eigenvalue weighted by molar-refractivity contribution is 0.0519. The fourth-order valence-corrected chi connectivity index (χ4v) is 3.64. The highest BCUT2D eigenvalue weighted by Crippen LogP contribution is 2.32. The van der Waals surface area contributed by atoms with Gasteiger partial charge in [-0.05, 0) is 29.8 Å². The van der Waals surface area contributed by atoms with Crippen molar-refractivity contribution in [2.24, 2.45) is 0 Å². The molecule has 0 unspecified atom stereocenters. The van der Waals surface area contributed by atoms with Gasteiger partial charge < -0.3 is 30.2 Å². The molecule has 1 heterocycles. The molecule has 4 rings (SSSR count). The van der Waals surface area contributed by atoms with E-state index >= 15 is 0 Å². The van der Waals surface area contributed by atoms with Crippen LogP contribution in [0.15, 0.2) is 54.6 Å². The molecule has 3 aromatic carbocycles. The number of aromatic nitrogens is 3. The Morgan fingerprint density at radius 2 is 1.29 bits per heavy atom. The van der Waals surface area contributed by atoms with Crippen LogP contribution in [0.25, 0.3) is 0 Å². The minimum Gasteiger partial charge on any atom is -0.418 e. The second-order valence-corrected chi connectivity index (χ2v) is 9.02. The maximum Gasteiger partial charge on any atom is 0.328 e. The van der Waals surface area contributed by atoms with Crippen molar-refractivity contribution in [1.82, 2.24) is 20.3 Å². The second kappa shape index (κ2) is 16.2. The molecule has 0 fully saturated rings. The van der Waals surface area contributed by atoms with Gasteiger partial charge in [-0.1, -0.05) is 30.3 Å². The number of nitrogens with one attached hydrogen (secondary N) is 3. The van der Waals surface area contributed by atoms with Crippen LogP contribution in [0.2, 0.25) is 0 Å². The van der Waals surface area contributed by atoms with Crippen LogP contribution in [0.4, 0.5) is 38.2 Å². The molecular weight excluding hydrogens is 610 g/mol. The summed E-state index contributed by atoms with van der Waals surface area (Å²) in [6.45, 7) is 1.26. The Morgan fingerprint density at radius 3 is 1.96 bits per heavy atom. The fourth-order valence-electron chi connectivity index (χ4n) is 3.64. The quantitative estimate of drug-likeness (QED) is 0.0677. The third-order valence-corrected chi connectivity index (χ3v) is 5.79. The minimum absolute atomic E-state index is 0.00221. The summed E-state index contributed by atoms with van der Waals surface area (Å²) in [6.07, 6.45) is 0. The summed E-state index contributed by atoms with van der Waals surface area (Å²) in [6, 6.07) is 13.5. The highest BCUT2D eigenvalue weighted by atomic mass is 19.2. The molecule has 45 heavy (non-hydrogen) atoms. The molecular formula is C29H26F6N6O4. The molecule has 0 radical (unpaired) electrons. The normalized spacial score (nSPS) is 10.9. The number of amides is 1. The molecule has 1 aromatic heterocycles. The van der Waals surface area contributed by atoms with Gasteiger partial charge in [-0.15, -0.1) is 0 Å². The number of hydrogen-bond donors (Lipinski definition) is 3. The van der Waals surface area contributed by atoms with Gasteiger partial charge in [0.15, 0.2) is 0 Å². The van der Waals surface area contributed by atoms with Gasteiger partial charge in [-0.25, -0.2) is 17.6 Å². The smallest absolute Gasteiger partial charge is 0.328 e. The number of rotatable bonds is 16. The molecule has 10 nitrogen and oxygen atoms in total. The van der Waals surface area contributed by atoms with Crippen molar-refractivity contribution in [2.45, 2.75) is 6.54 Å². The number of benzene rings is 3. The predicted molar refractivity (Wildman–Crippen MR) is 149 cm³/mol. The van der Waals surface area contributed by atoms with Crippen molar-refractivity contribution in [2.75, 3.05) is 50.2 Å². The zero-order valence-corrected chi connectivity index (χ0v) is 23.4. The molecule has 0 aliphatic rings. The summed E-state index contributed by atoms with van der Waals surface area (Å²) in [5.41, 5.74) is 1.03. The predicted octanol–water partition coefficient (Wildman–Crippen LogP) is 4.99. The highest BCUT2D eigenvalue weighted by molar-refractivity contribution is 5.94. The Balaban J connectivity index is 1.29. The topological polar surface area (TPSA) is 120 Å².